The third-order valence-electron chi connectivity index (χ3n) is 6.98. The average molecular weight is 493 g/mol. The van der Waals surface area contributed by atoms with E-state index >= 15 is 0 Å². The van der Waals surface area contributed by atoms with Gasteiger partial charge in [-0.25, -0.2) is 8.42 Å². The van der Waals surface area contributed by atoms with E-state index in [2.05, 4.69) is 20.8 Å². The highest BCUT2D eigenvalue weighted by atomic mass is 32.2. The maximum Gasteiger partial charge on any atom is 0.0947 e. The van der Waals surface area contributed by atoms with E-state index in [0.29, 0.717) is 6.42 Å². The summed E-state index contributed by atoms with van der Waals surface area (Å²) >= 11 is 0. The Balaban J connectivity index is 4.87. The Labute approximate surface area is 203 Å². The molecular formula is C27H57O3PS. The van der Waals surface area contributed by atoms with Crippen LogP contribution in [-0.4, -0.2) is 43.4 Å². The molecule has 0 saturated carbocycles. The van der Waals surface area contributed by atoms with E-state index in [-0.39, 0.29) is 5.75 Å². The van der Waals surface area contributed by atoms with Crippen LogP contribution in [0.15, 0.2) is 0 Å². The third-order valence-corrected chi connectivity index (χ3v) is 12.8. The van der Waals surface area contributed by atoms with Crippen LogP contribution in [0.1, 0.15) is 143 Å². The van der Waals surface area contributed by atoms with Crippen LogP contribution < -0.4 is 0 Å². The highest BCUT2D eigenvalue weighted by molar-refractivity contribution is 7.85. The first-order chi connectivity index (χ1) is 15.4. The Bertz CT molecular complexity index is 452. The summed E-state index contributed by atoms with van der Waals surface area (Å²) in [5, 5.41) is 0. The fourth-order valence-corrected chi connectivity index (χ4v) is 10.5. The molecule has 0 amide bonds. The van der Waals surface area contributed by atoms with Gasteiger partial charge < -0.3 is 4.55 Å². The van der Waals surface area contributed by atoms with E-state index < -0.39 is 17.4 Å². The lowest BCUT2D eigenvalue weighted by Gasteiger charge is -2.29. The van der Waals surface area contributed by atoms with Gasteiger partial charge in [-0.05, 0) is 44.9 Å². The van der Waals surface area contributed by atoms with E-state index in [0.717, 1.165) is 6.16 Å². The largest absolute Gasteiger partial charge is 0.748 e. The molecule has 0 aromatic heterocycles. The van der Waals surface area contributed by atoms with E-state index in [9.17, 15) is 13.0 Å². The number of unbranched alkanes of at least 4 members (excludes halogenated alkanes) is 15. The van der Waals surface area contributed by atoms with Crippen LogP contribution in [-0.2, 0) is 10.1 Å². The highest BCUT2D eigenvalue weighted by Gasteiger charge is 2.35. The van der Waals surface area contributed by atoms with Crippen LogP contribution in [0.25, 0.3) is 0 Å². The molecular weight excluding hydrogens is 435 g/mol. The summed E-state index contributed by atoms with van der Waals surface area (Å²) in [5.74, 6) is -0.155. The maximum absolute atomic E-state index is 11.3. The van der Waals surface area contributed by atoms with Gasteiger partial charge in [-0.1, -0.05) is 97.8 Å². The summed E-state index contributed by atoms with van der Waals surface area (Å²) in [4.78, 5) is 0. The molecule has 0 aromatic rings. The summed E-state index contributed by atoms with van der Waals surface area (Å²) in [6, 6.07) is 0. The highest BCUT2D eigenvalue weighted by Crippen LogP contribution is 2.61. The van der Waals surface area contributed by atoms with Gasteiger partial charge in [-0.2, -0.15) is 0 Å². The van der Waals surface area contributed by atoms with Gasteiger partial charge in [0, 0.05) is 13.0 Å². The average Bonchev–Trinajstić information content (AvgIpc) is 2.74. The van der Waals surface area contributed by atoms with Gasteiger partial charge in [0.05, 0.1) is 34.8 Å². The molecule has 0 saturated heterocycles. The lowest BCUT2D eigenvalue weighted by molar-refractivity contribution is 0.462. The van der Waals surface area contributed by atoms with E-state index in [4.69, 9.17) is 0 Å². The minimum Gasteiger partial charge on any atom is -0.748 e. The van der Waals surface area contributed by atoms with Crippen molar-refractivity contribution in [3.63, 3.8) is 0 Å². The molecule has 0 N–H and O–H groups in total. The number of hydrogen-bond donors (Lipinski definition) is 0. The zero-order chi connectivity index (χ0) is 24.0. The molecule has 0 fully saturated rings. The Kier molecular flexibility index (Phi) is 22.1. The minimum absolute atomic E-state index is 0.155. The molecule has 0 bridgehead atoms. The van der Waals surface area contributed by atoms with Crippen molar-refractivity contribution in [3.8, 4) is 0 Å². The van der Waals surface area contributed by atoms with Crippen molar-refractivity contribution in [1.82, 2.24) is 0 Å². The van der Waals surface area contributed by atoms with Gasteiger partial charge in [0.25, 0.3) is 0 Å². The van der Waals surface area contributed by atoms with Gasteiger partial charge >= 0.3 is 0 Å². The van der Waals surface area contributed by atoms with E-state index in [1.165, 1.54) is 134 Å². The van der Waals surface area contributed by atoms with Crippen molar-refractivity contribution in [3.05, 3.63) is 0 Å². The van der Waals surface area contributed by atoms with E-state index in [1.54, 1.807) is 0 Å². The summed E-state index contributed by atoms with van der Waals surface area (Å²) in [6.07, 6.45) is 29.5. The molecule has 32 heavy (non-hydrogen) atoms. The second kappa shape index (κ2) is 21.8. The molecule has 0 spiro atoms. The molecule has 0 radical (unpaired) electrons. The molecule has 0 aromatic carbocycles. The summed E-state index contributed by atoms with van der Waals surface area (Å²) in [6.45, 7) is 6.80. The third kappa shape index (κ3) is 20.9. The van der Waals surface area contributed by atoms with Crippen LogP contribution in [0.3, 0.4) is 0 Å². The van der Waals surface area contributed by atoms with Gasteiger partial charge in [-0.3, -0.25) is 0 Å². The fourth-order valence-electron chi connectivity index (χ4n) is 4.93. The van der Waals surface area contributed by atoms with Crippen LogP contribution in [0.4, 0.5) is 0 Å². The topological polar surface area (TPSA) is 57.2 Å². The number of rotatable bonds is 25. The lowest BCUT2D eigenvalue weighted by Crippen LogP contribution is -2.16. The Hall–Kier alpha value is 0.340. The molecule has 0 unspecified atom stereocenters. The molecule has 0 aliphatic carbocycles. The first-order valence-corrected chi connectivity index (χ1v) is 18.3. The summed E-state index contributed by atoms with van der Waals surface area (Å²) in [7, 11) is -5.24. The maximum atomic E-state index is 11.3. The molecule has 0 aliphatic rings. The number of hydrogen-bond acceptors (Lipinski definition) is 3. The predicted molar refractivity (Wildman–Crippen MR) is 146 cm³/mol. The van der Waals surface area contributed by atoms with Gasteiger partial charge in [0.15, 0.2) is 0 Å². The first kappa shape index (κ1) is 32.3. The van der Waals surface area contributed by atoms with Crippen molar-refractivity contribution >= 4 is 17.4 Å². The van der Waals surface area contributed by atoms with Crippen LogP contribution in [0, 0.1) is 0 Å². The molecule has 3 nitrogen and oxygen atoms in total. The van der Waals surface area contributed by atoms with Gasteiger partial charge in [0.2, 0.25) is 0 Å². The smallest absolute Gasteiger partial charge is 0.0947 e. The van der Waals surface area contributed by atoms with Crippen molar-refractivity contribution < 1.29 is 13.0 Å². The van der Waals surface area contributed by atoms with Crippen molar-refractivity contribution in [2.45, 2.75) is 143 Å². The predicted octanol–water partition coefficient (Wildman–Crippen LogP) is 9.02. The lowest BCUT2D eigenvalue weighted by atomic mass is 10.1. The Morgan fingerprint density at radius 1 is 0.469 bits per heavy atom. The normalized spacial score (nSPS) is 12.5. The zero-order valence-corrected chi connectivity index (χ0v) is 23.8. The zero-order valence-electron chi connectivity index (χ0n) is 22.1. The fraction of sp³-hybridized carbons (Fsp3) is 1.00. The van der Waals surface area contributed by atoms with Gasteiger partial charge in [0.1, 0.15) is 0 Å². The van der Waals surface area contributed by atoms with Crippen LogP contribution in [0.5, 0.6) is 0 Å². The van der Waals surface area contributed by atoms with Crippen molar-refractivity contribution in [2.75, 3.05) is 30.4 Å². The van der Waals surface area contributed by atoms with Crippen molar-refractivity contribution in [1.29, 1.82) is 0 Å². The van der Waals surface area contributed by atoms with Crippen LogP contribution in [0.2, 0.25) is 0 Å². The van der Waals surface area contributed by atoms with E-state index in [1.807, 2.05) is 0 Å². The second-order valence-electron chi connectivity index (χ2n) is 10.2. The minimum atomic E-state index is -4.09. The Morgan fingerprint density at radius 3 is 1.06 bits per heavy atom. The first-order valence-electron chi connectivity index (χ1n) is 14.2. The molecule has 0 aliphatic heterocycles. The SMILES string of the molecule is CCCCCCCC[P+](CCCCCCCC)(CCCCCCCC)CCCS(=O)(=O)[O-]. The van der Waals surface area contributed by atoms with Crippen LogP contribution >= 0.6 is 7.26 Å². The summed E-state index contributed by atoms with van der Waals surface area (Å²) < 4.78 is 33.8. The van der Waals surface area contributed by atoms with Crippen molar-refractivity contribution in [2.24, 2.45) is 0 Å². The second-order valence-corrected chi connectivity index (χ2v) is 16.2. The molecule has 5 heteroatoms. The Morgan fingerprint density at radius 2 is 0.750 bits per heavy atom. The molecule has 0 heterocycles. The molecule has 194 valence electrons. The monoisotopic (exact) mass is 492 g/mol. The molecule has 0 rings (SSSR count). The van der Waals surface area contributed by atoms with Gasteiger partial charge in [-0.15, -0.1) is 0 Å². The molecule has 0 atom stereocenters. The summed E-state index contributed by atoms with van der Waals surface area (Å²) in [5.41, 5.74) is 0. The quantitative estimate of drug-likeness (QED) is 0.0725. The standard InChI is InChI=1S/C27H57O3PS/c1-4-7-10-13-16-19-23-31(26-22-27-32(28,29)30,24-20-17-14-11-8-5-2)25-21-18-15-12-9-6-3/h4-27H2,1-3H3.